The number of nitrogens with zero attached hydrogens (tertiary/aromatic N) is 1. The molecule has 6 nitrogen and oxygen atoms in total. The monoisotopic (exact) mass is 282 g/mol. The van der Waals surface area contributed by atoms with Crippen LogP contribution in [0.2, 0.25) is 5.02 Å². The molecule has 0 fully saturated rings. The third-order valence-corrected chi connectivity index (χ3v) is 2.89. The molecule has 0 saturated carbocycles. The van der Waals surface area contributed by atoms with Crippen molar-refractivity contribution in [2.45, 2.75) is 19.4 Å². The standard InChI is InChI=1S/C12H11ClN2O4/c1-6-4-7(13)2-3-8(6)14-11(16)10-5-9(12(17)18)15-19-10/h2-4,10H,5H2,1H3,(H,14,16)(H,17,18). The van der Waals surface area contributed by atoms with Crippen LogP contribution in [0.1, 0.15) is 12.0 Å². The molecule has 1 aliphatic rings. The van der Waals surface area contributed by atoms with Gasteiger partial charge in [0.1, 0.15) is 0 Å². The molecule has 1 heterocycles. The van der Waals surface area contributed by atoms with Crippen molar-refractivity contribution in [3.63, 3.8) is 0 Å². The Kier molecular flexibility index (Phi) is 3.71. The summed E-state index contributed by atoms with van der Waals surface area (Å²) in [7, 11) is 0. The van der Waals surface area contributed by atoms with E-state index in [-0.39, 0.29) is 12.1 Å². The van der Waals surface area contributed by atoms with Crippen LogP contribution in [0.25, 0.3) is 0 Å². The third kappa shape index (κ3) is 3.03. The molecule has 1 aliphatic heterocycles. The van der Waals surface area contributed by atoms with Gasteiger partial charge in [0.2, 0.25) is 6.10 Å². The van der Waals surface area contributed by atoms with E-state index in [0.29, 0.717) is 10.7 Å². The molecule has 2 rings (SSSR count). The highest BCUT2D eigenvalue weighted by molar-refractivity contribution is 6.36. The molecule has 0 aliphatic carbocycles. The fraction of sp³-hybridized carbons (Fsp3) is 0.250. The second kappa shape index (κ2) is 5.27. The smallest absolute Gasteiger partial charge is 0.353 e. The van der Waals surface area contributed by atoms with E-state index >= 15 is 0 Å². The predicted molar refractivity (Wildman–Crippen MR) is 69.4 cm³/mol. The van der Waals surface area contributed by atoms with E-state index in [2.05, 4.69) is 10.5 Å². The first-order chi connectivity index (χ1) is 8.97. The van der Waals surface area contributed by atoms with Crippen LogP contribution in [0.5, 0.6) is 0 Å². The maximum atomic E-state index is 11.9. The van der Waals surface area contributed by atoms with E-state index in [4.69, 9.17) is 21.5 Å². The van der Waals surface area contributed by atoms with E-state index in [1.807, 2.05) is 0 Å². The van der Waals surface area contributed by atoms with Gasteiger partial charge in [-0.15, -0.1) is 0 Å². The molecule has 0 saturated heterocycles. The first-order valence-corrected chi connectivity index (χ1v) is 5.88. The molecule has 1 aromatic rings. The van der Waals surface area contributed by atoms with Gasteiger partial charge in [-0.1, -0.05) is 16.8 Å². The molecule has 1 aromatic carbocycles. The van der Waals surface area contributed by atoms with Crippen molar-refractivity contribution in [3.05, 3.63) is 28.8 Å². The number of hydrogen-bond acceptors (Lipinski definition) is 4. The average molecular weight is 283 g/mol. The average Bonchev–Trinajstić information content (AvgIpc) is 2.82. The summed E-state index contributed by atoms with van der Waals surface area (Å²) in [5.74, 6) is -1.62. The van der Waals surface area contributed by atoms with E-state index in [0.717, 1.165) is 5.56 Å². The topological polar surface area (TPSA) is 88.0 Å². The largest absolute Gasteiger partial charge is 0.477 e. The summed E-state index contributed by atoms with van der Waals surface area (Å²) in [5, 5.41) is 15.3. The summed E-state index contributed by atoms with van der Waals surface area (Å²) in [6.45, 7) is 1.80. The Morgan fingerprint density at radius 1 is 1.53 bits per heavy atom. The molecule has 1 amide bonds. The number of rotatable bonds is 3. The highest BCUT2D eigenvalue weighted by atomic mass is 35.5. The van der Waals surface area contributed by atoms with Crippen LogP contribution in [-0.2, 0) is 14.4 Å². The maximum absolute atomic E-state index is 11.9. The van der Waals surface area contributed by atoms with Crippen LogP contribution in [0.15, 0.2) is 23.4 Å². The van der Waals surface area contributed by atoms with Crippen LogP contribution in [0, 0.1) is 6.92 Å². The quantitative estimate of drug-likeness (QED) is 0.885. The lowest BCUT2D eigenvalue weighted by Gasteiger charge is -2.11. The molecule has 19 heavy (non-hydrogen) atoms. The van der Waals surface area contributed by atoms with Crippen molar-refractivity contribution in [1.82, 2.24) is 0 Å². The van der Waals surface area contributed by atoms with Crippen molar-refractivity contribution in [1.29, 1.82) is 0 Å². The molecule has 1 atom stereocenters. The second-order valence-electron chi connectivity index (χ2n) is 4.09. The highest BCUT2D eigenvalue weighted by Crippen LogP contribution is 2.21. The van der Waals surface area contributed by atoms with Crippen LogP contribution in [-0.4, -0.2) is 28.8 Å². The van der Waals surface area contributed by atoms with Gasteiger partial charge in [0, 0.05) is 17.1 Å². The van der Waals surface area contributed by atoms with Gasteiger partial charge in [-0.3, -0.25) is 4.79 Å². The lowest BCUT2D eigenvalue weighted by Crippen LogP contribution is -2.29. The number of carboxylic acid groups (broad SMARTS) is 1. The highest BCUT2D eigenvalue weighted by Gasteiger charge is 2.31. The van der Waals surface area contributed by atoms with Crippen LogP contribution in [0.4, 0.5) is 5.69 Å². The Morgan fingerprint density at radius 3 is 2.84 bits per heavy atom. The molecule has 2 N–H and O–H groups in total. The number of aliphatic carboxylic acids is 1. The number of carbonyl (C=O) groups is 2. The number of aryl methyl sites for hydroxylation is 1. The zero-order chi connectivity index (χ0) is 14.0. The van der Waals surface area contributed by atoms with Crippen molar-refractivity contribution in [2.75, 3.05) is 5.32 Å². The first-order valence-electron chi connectivity index (χ1n) is 5.50. The third-order valence-electron chi connectivity index (χ3n) is 2.65. The van der Waals surface area contributed by atoms with Crippen molar-refractivity contribution in [3.8, 4) is 0 Å². The molecule has 100 valence electrons. The molecular formula is C12H11ClN2O4. The summed E-state index contributed by atoms with van der Waals surface area (Å²) < 4.78 is 0. The molecule has 0 aromatic heterocycles. The molecule has 1 unspecified atom stereocenters. The van der Waals surface area contributed by atoms with Crippen molar-refractivity contribution >= 4 is 34.9 Å². The Balaban J connectivity index is 2.01. The summed E-state index contributed by atoms with van der Waals surface area (Å²) in [6, 6.07) is 5.04. The minimum Gasteiger partial charge on any atom is -0.477 e. The van der Waals surface area contributed by atoms with Crippen LogP contribution in [0.3, 0.4) is 0 Å². The lowest BCUT2D eigenvalue weighted by atomic mass is 10.1. The van der Waals surface area contributed by atoms with Gasteiger partial charge in [0.05, 0.1) is 0 Å². The van der Waals surface area contributed by atoms with Gasteiger partial charge in [0.15, 0.2) is 5.71 Å². The maximum Gasteiger partial charge on any atom is 0.353 e. The Morgan fingerprint density at radius 2 is 2.26 bits per heavy atom. The zero-order valence-electron chi connectivity index (χ0n) is 10.0. The second-order valence-corrected chi connectivity index (χ2v) is 4.53. The fourth-order valence-corrected chi connectivity index (χ4v) is 1.85. The number of benzene rings is 1. The zero-order valence-corrected chi connectivity index (χ0v) is 10.8. The molecule has 0 radical (unpaired) electrons. The van der Waals surface area contributed by atoms with Gasteiger partial charge in [-0.2, -0.15) is 0 Å². The van der Waals surface area contributed by atoms with Gasteiger partial charge in [-0.05, 0) is 30.7 Å². The first kappa shape index (κ1) is 13.4. The van der Waals surface area contributed by atoms with Gasteiger partial charge < -0.3 is 15.3 Å². The number of anilines is 1. The number of oxime groups is 1. The number of nitrogens with one attached hydrogen (secondary N) is 1. The van der Waals surface area contributed by atoms with E-state index in [1.54, 1.807) is 25.1 Å². The Hall–Kier alpha value is -2.08. The summed E-state index contributed by atoms with van der Waals surface area (Å²) in [6.07, 6.45) is -0.963. The van der Waals surface area contributed by atoms with Crippen molar-refractivity contribution in [2.24, 2.45) is 5.16 Å². The molecule has 7 heteroatoms. The number of halogens is 1. The molecule has 0 spiro atoms. The minimum absolute atomic E-state index is 0.0478. The Labute approximate surface area is 114 Å². The summed E-state index contributed by atoms with van der Waals surface area (Å²) in [5.41, 5.74) is 1.24. The summed E-state index contributed by atoms with van der Waals surface area (Å²) in [4.78, 5) is 27.3. The van der Waals surface area contributed by atoms with E-state index in [1.165, 1.54) is 0 Å². The van der Waals surface area contributed by atoms with Gasteiger partial charge in [-0.25, -0.2) is 4.79 Å². The van der Waals surface area contributed by atoms with Crippen molar-refractivity contribution < 1.29 is 19.5 Å². The van der Waals surface area contributed by atoms with E-state index in [9.17, 15) is 9.59 Å². The number of amides is 1. The number of hydrogen-bond donors (Lipinski definition) is 2. The van der Waals surface area contributed by atoms with E-state index < -0.39 is 18.0 Å². The normalized spacial score (nSPS) is 17.6. The number of carboxylic acids is 1. The molecule has 0 bridgehead atoms. The number of carbonyl (C=O) groups excluding carboxylic acids is 1. The van der Waals surface area contributed by atoms with Gasteiger partial charge >= 0.3 is 5.97 Å². The van der Waals surface area contributed by atoms with Gasteiger partial charge in [0.25, 0.3) is 5.91 Å². The lowest BCUT2D eigenvalue weighted by molar-refractivity contribution is -0.129. The minimum atomic E-state index is -1.18. The summed E-state index contributed by atoms with van der Waals surface area (Å²) >= 11 is 5.81. The SMILES string of the molecule is Cc1cc(Cl)ccc1NC(=O)C1CC(C(=O)O)=NO1. The Bertz CT molecular complexity index is 571. The predicted octanol–water partition coefficient (Wildman–Crippen LogP) is 1.82. The van der Waals surface area contributed by atoms with Crippen LogP contribution >= 0.6 is 11.6 Å². The van der Waals surface area contributed by atoms with Crippen LogP contribution < -0.4 is 5.32 Å². The fourth-order valence-electron chi connectivity index (χ4n) is 1.62. The molecular weight excluding hydrogens is 272 g/mol.